The number of aromatic nitrogens is 2. The van der Waals surface area contributed by atoms with E-state index in [4.69, 9.17) is 4.74 Å². The average Bonchev–Trinajstić information content (AvgIpc) is 3.05. The number of esters is 1. The summed E-state index contributed by atoms with van der Waals surface area (Å²) in [4.78, 5) is 23.4. The van der Waals surface area contributed by atoms with Crippen molar-refractivity contribution in [1.29, 1.82) is 0 Å². The van der Waals surface area contributed by atoms with Gasteiger partial charge in [-0.2, -0.15) is 5.10 Å². The number of carbonyl (C=O) groups is 2. The van der Waals surface area contributed by atoms with E-state index in [9.17, 15) is 9.59 Å². The molecule has 0 aromatic carbocycles. The highest BCUT2D eigenvalue weighted by Gasteiger charge is 2.27. The third-order valence-electron chi connectivity index (χ3n) is 2.94. The summed E-state index contributed by atoms with van der Waals surface area (Å²) < 4.78 is 5.08. The number of hydrogen-bond donors (Lipinski definition) is 2. The molecule has 0 aliphatic heterocycles. The van der Waals surface area contributed by atoms with Crippen molar-refractivity contribution in [2.24, 2.45) is 0 Å². The van der Waals surface area contributed by atoms with Crippen LogP contribution in [-0.2, 0) is 16.0 Å². The largest absolute Gasteiger partial charge is 0.448 e. The van der Waals surface area contributed by atoms with Gasteiger partial charge in [-0.15, -0.1) is 0 Å². The number of aryl methyl sites for hydroxylation is 1. The fraction of sp³-hybridized carbons (Fsp3) is 0.615. The normalized spacial score (nSPS) is 15.9. The molecule has 104 valence electrons. The van der Waals surface area contributed by atoms with Crippen LogP contribution in [0, 0.1) is 0 Å². The molecule has 1 aliphatic carbocycles. The molecule has 6 nitrogen and oxygen atoms in total. The quantitative estimate of drug-likeness (QED) is 0.757. The first kappa shape index (κ1) is 13.6. The minimum atomic E-state index is -0.792. The van der Waals surface area contributed by atoms with Crippen LogP contribution in [0.15, 0.2) is 6.07 Å². The van der Waals surface area contributed by atoms with Gasteiger partial charge < -0.3 is 10.1 Å². The molecule has 6 heteroatoms. The van der Waals surface area contributed by atoms with E-state index >= 15 is 0 Å². The number of amides is 1. The molecule has 1 amide bonds. The first-order valence-corrected chi connectivity index (χ1v) is 6.65. The van der Waals surface area contributed by atoms with E-state index < -0.39 is 12.1 Å². The maximum atomic E-state index is 11.8. The Morgan fingerprint density at radius 1 is 1.58 bits per heavy atom. The third-order valence-corrected chi connectivity index (χ3v) is 2.94. The number of rotatable bonds is 6. The minimum Gasteiger partial charge on any atom is -0.448 e. The van der Waals surface area contributed by atoms with Crippen molar-refractivity contribution in [1.82, 2.24) is 15.5 Å². The number of nitrogens with zero attached hydrogens (tertiary/aromatic N) is 1. The highest BCUT2D eigenvalue weighted by atomic mass is 16.5. The summed E-state index contributed by atoms with van der Waals surface area (Å²) in [6.45, 7) is 3.61. The van der Waals surface area contributed by atoms with Gasteiger partial charge in [-0.3, -0.25) is 9.89 Å². The van der Waals surface area contributed by atoms with Crippen molar-refractivity contribution >= 4 is 11.9 Å². The van der Waals surface area contributed by atoms with Crippen LogP contribution in [0.4, 0.5) is 0 Å². The first-order chi connectivity index (χ1) is 9.10. The standard InChI is InChI=1S/C13H19N3O3/c1-3-4-10-7-11(16-15-10)13(18)19-8(2)12(17)14-9-5-6-9/h7-9H,3-6H2,1-2H3,(H,14,17)(H,15,16). The van der Waals surface area contributed by atoms with E-state index in [-0.39, 0.29) is 17.6 Å². The van der Waals surface area contributed by atoms with Crippen molar-refractivity contribution in [3.8, 4) is 0 Å². The molecule has 2 rings (SSSR count). The van der Waals surface area contributed by atoms with Crippen LogP contribution in [0.2, 0.25) is 0 Å². The smallest absolute Gasteiger partial charge is 0.359 e. The first-order valence-electron chi connectivity index (χ1n) is 6.65. The van der Waals surface area contributed by atoms with Gasteiger partial charge in [-0.25, -0.2) is 4.79 Å². The lowest BCUT2D eigenvalue weighted by Crippen LogP contribution is -2.37. The van der Waals surface area contributed by atoms with E-state index in [0.717, 1.165) is 31.4 Å². The Labute approximate surface area is 111 Å². The summed E-state index contributed by atoms with van der Waals surface area (Å²) in [6, 6.07) is 1.92. The average molecular weight is 265 g/mol. The lowest BCUT2D eigenvalue weighted by atomic mass is 10.2. The zero-order valence-electron chi connectivity index (χ0n) is 11.2. The molecule has 1 aliphatic rings. The number of hydrogen-bond acceptors (Lipinski definition) is 4. The predicted octanol–water partition coefficient (Wildman–Crippen LogP) is 1.19. The summed E-state index contributed by atoms with van der Waals surface area (Å²) in [5.74, 6) is -0.822. The number of aromatic amines is 1. The molecule has 2 N–H and O–H groups in total. The second-order valence-corrected chi connectivity index (χ2v) is 4.86. The highest BCUT2D eigenvalue weighted by molar-refractivity contribution is 5.90. The molecule has 1 aromatic rings. The topological polar surface area (TPSA) is 84.1 Å². The van der Waals surface area contributed by atoms with E-state index in [1.165, 1.54) is 0 Å². The Balaban J connectivity index is 1.86. The number of carbonyl (C=O) groups excluding carboxylic acids is 2. The Hall–Kier alpha value is -1.85. The van der Waals surface area contributed by atoms with Gasteiger partial charge in [0.25, 0.3) is 5.91 Å². The maximum absolute atomic E-state index is 11.8. The zero-order valence-corrected chi connectivity index (χ0v) is 11.2. The van der Waals surface area contributed by atoms with E-state index in [2.05, 4.69) is 15.5 Å². The molecule has 1 fully saturated rings. The molecular formula is C13H19N3O3. The van der Waals surface area contributed by atoms with E-state index in [1.807, 2.05) is 6.92 Å². The van der Waals surface area contributed by atoms with Gasteiger partial charge in [0.05, 0.1) is 0 Å². The highest BCUT2D eigenvalue weighted by Crippen LogP contribution is 2.18. The summed E-state index contributed by atoms with van der Waals surface area (Å²) in [5, 5.41) is 9.46. The van der Waals surface area contributed by atoms with Crippen LogP contribution in [0.3, 0.4) is 0 Å². The van der Waals surface area contributed by atoms with Crippen molar-refractivity contribution in [3.63, 3.8) is 0 Å². The van der Waals surface area contributed by atoms with Gasteiger partial charge in [0.15, 0.2) is 11.8 Å². The molecule has 1 saturated carbocycles. The molecule has 0 saturated heterocycles. The molecular weight excluding hydrogens is 246 g/mol. The Morgan fingerprint density at radius 2 is 2.32 bits per heavy atom. The maximum Gasteiger partial charge on any atom is 0.359 e. The van der Waals surface area contributed by atoms with Crippen molar-refractivity contribution in [2.45, 2.75) is 51.7 Å². The number of H-pyrrole nitrogens is 1. The van der Waals surface area contributed by atoms with Crippen LogP contribution < -0.4 is 5.32 Å². The molecule has 1 atom stereocenters. The SMILES string of the molecule is CCCc1cc(C(=O)OC(C)C(=O)NC2CC2)n[nH]1. The van der Waals surface area contributed by atoms with E-state index in [1.54, 1.807) is 13.0 Å². The van der Waals surface area contributed by atoms with Crippen LogP contribution >= 0.6 is 0 Å². The summed E-state index contributed by atoms with van der Waals surface area (Å²) in [5.41, 5.74) is 1.11. The molecule has 1 aromatic heterocycles. The Kier molecular flexibility index (Phi) is 4.19. The molecule has 1 heterocycles. The lowest BCUT2D eigenvalue weighted by Gasteiger charge is -2.11. The third kappa shape index (κ3) is 3.81. The van der Waals surface area contributed by atoms with Crippen molar-refractivity contribution < 1.29 is 14.3 Å². The van der Waals surface area contributed by atoms with Gasteiger partial charge in [-0.05, 0) is 32.3 Å². The monoisotopic (exact) mass is 265 g/mol. The molecule has 19 heavy (non-hydrogen) atoms. The minimum absolute atomic E-state index is 0.217. The molecule has 0 spiro atoms. The summed E-state index contributed by atoms with van der Waals surface area (Å²) in [6.07, 6.45) is 3.02. The van der Waals surface area contributed by atoms with Gasteiger partial charge in [0.2, 0.25) is 0 Å². The van der Waals surface area contributed by atoms with Crippen LogP contribution in [-0.4, -0.2) is 34.2 Å². The second kappa shape index (κ2) is 5.86. The van der Waals surface area contributed by atoms with E-state index in [0.29, 0.717) is 0 Å². The van der Waals surface area contributed by atoms with Gasteiger partial charge in [0.1, 0.15) is 0 Å². The van der Waals surface area contributed by atoms with Crippen molar-refractivity contribution in [3.05, 3.63) is 17.5 Å². The lowest BCUT2D eigenvalue weighted by molar-refractivity contribution is -0.129. The summed E-state index contributed by atoms with van der Waals surface area (Å²) >= 11 is 0. The molecule has 0 radical (unpaired) electrons. The number of nitrogens with one attached hydrogen (secondary N) is 2. The zero-order chi connectivity index (χ0) is 13.8. The predicted molar refractivity (Wildman–Crippen MR) is 68.6 cm³/mol. The summed E-state index contributed by atoms with van der Waals surface area (Å²) in [7, 11) is 0. The van der Waals surface area contributed by atoms with Crippen LogP contribution in [0.25, 0.3) is 0 Å². The molecule has 0 bridgehead atoms. The number of ether oxygens (including phenoxy) is 1. The Morgan fingerprint density at radius 3 is 2.95 bits per heavy atom. The van der Waals surface area contributed by atoms with Crippen LogP contribution in [0.1, 0.15) is 49.3 Å². The van der Waals surface area contributed by atoms with Gasteiger partial charge >= 0.3 is 5.97 Å². The second-order valence-electron chi connectivity index (χ2n) is 4.86. The van der Waals surface area contributed by atoms with Crippen LogP contribution in [0.5, 0.6) is 0 Å². The fourth-order valence-electron chi connectivity index (χ4n) is 1.68. The molecule has 1 unspecified atom stereocenters. The fourth-order valence-corrected chi connectivity index (χ4v) is 1.68. The van der Waals surface area contributed by atoms with Gasteiger partial charge in [-0.1, -0.05) is 13.3 Å². The Bertz CT molecular complexity index is 465. The van der Waals surface area contributed by atoms with Gasteiger partial charge in [0, 0.05) is 11.7 Å². The van der Waals surface area contributed by atoms with Crippen molar-refractivity contribution in [2.75, 3.05) is 0 Å².